The number of rotatable bonds is 4. The second kappa shape index (κ2) is 5.63. The van der Waals surface area contributed by atoms with E-state index in [4.69, 9.17) is 10.00 Å². The van der Waals surface area contributed by atoms with E-state index < -0.39 is 10.0 Å². The molecule has 0 aliphatic heterocycles. The van der Waals surface area contributed by atoms with Crippen LogP contribution in [0.4, 0.5) is 5.69 Å². The summed E-state index contributed by atoms with van der Waals surface area (Å²) < 4.78 is 31.9. The highest BCUT2D eigenvalue weighted by atomic mass is 32.2. The first kappa shape index (κ1) is 13.9. The molecule has 0 aromatic heterocycles. The van der Waals surface area contributed by atoms with Crippen molar-refractivity contribution >= 4 is 15.7 Å². The molecule has 2 rings (SSSR count). The summed E-state index contributed by atoms with van der Waals surface area (Å²) >= 11 is 0. The van der Waals surface area contributed by atoms with Crippen molar-refractivity contribution in [3.8, 4) is 11.8 Å². The van der Waals surface area contributed by atoms with Crippen molar-refractivity contribution in [1.29, 1.82) is 5.26 Å². The van der Waals surface area contributed by atoms with Gasteiger partial charge in [-0.3, -0.25) is 4.72 Å². The molecule has 1 N–H and O–H groups in total. The Morgan fingerprint density at radius 2 is 1.85 bits per heavy atom. The molecule has 102 valence electrons. The van der Waals surface area contributed by atoms with E-state index in [2.05, 4.69) is 4.72 Å². The molecular formula is C14H12N2O3S. The zero-order valence-electron chi connectivity index (χ0n) is 10.7. The highest BCUT2D eigenvalue weighted by Crippen LogP contribution is 2.27. The van der Waals surface area contributed by atoms with E-state index >= 15 is 0 Å². The molecule has 0 amide bonds. The lowest BCUT2D eigenvalue weighted by molar-refractivity contribution is 0.416. The van der Waals surface area contributed by atoms with Gasteiger partial charge in [-0.2, -0.15) is 5.26 Å². The molecular weight excluding hydrogens is 276 g/mol. The second-order valence-corrected chi connectivity index (χ2v) is 5.63. The van der Waals surface area contributed by atoms with Crippen LogP contribution in [0.15, 0.2) is 53.4 Å². The number of anilines is 1. The van der Waals surface area contributed by atoms with Crippen LogP contribution in [0, 0.1) is 11.3 Å². The molecule has 20 heavy (non-hydrogen) atoms. The van der Waals surface area contributed by atoms with E-state index in [1.54, 1.807) is 18.2 Å². The molecule has 2 aromatic carbocycles. The number of benzene rings is 2. The summed E-state index contributed by atoms with van der Waals surface area (Å²) in [5, 5.41) is 8.81. The first-order valence-electron chi connectivity index (χ1n) is 5.73. The molecule has 0 spiro atoms. The van der Waals surface area contributed by atoms with E-state index in [-0.39, 0.29) is 10.6 Å². The Balaban J connectivity index is 2.38. The smallest absolute Gasteiger partial charge is 0.262 e. The Morgan fingerprint density at radius 3 is 2.45 bits per heavy atom. The van der Waals surface area contributed by atoms with Crippen molar-refractivity contribution in [2.24, 2.45) is 0 Å². The van der Waals surface area contributed by atoms with E-state index in [0.717, 1.165) is 0 Å². The third-order valence-corrected chi connectivity index (χ3v) is 4.01. The molecule has 0 saturated carbocycles. The molecule has 2 aromatic rings. The van der Waals surface area contributed by atoms with Gasteiger partial charge in [-0.15, -0.1) is 0 Å². The lowest BCUT2D eigenvalue weighted by Crippen LogP contribution is -2.13. The van der Waals surface area contributed by atoms with Gasteiger partial charge in [0.05, 0.1) is 29.3 Å². The van der Waals surface area contributed by atoms with Gasteiger partial charge in [0.15, 0.2) is 0 Å². The molecule has 0 aliphatic carbocycles. The minimum atomic E-state index is -3.68. The van der Waals surface area contributed by atoms with E-state index in [9.17, 15) is 8.42 Å². The largest absolute Gasteiger partial charge is 0.495 e. The van der Waals surface area contributed by atoms with Gasteiger partial charge in [-0.1, -0.05) is 18.2 Å². The zero-order chi connectivity index (χ0) is 14.6. The fourth-order valence-electron chi connectivity index (χ4n) is 1.65. The molecule has 0 atom stereocenters. The third kappa shape index (κ3) is 2.90. The SMILES string of the molecule is COc1cc(C#N)ccc1NS(=O)(=O)c1ccccc1. The maximum absolute atomic E-state index is 12.2. The monoisotopic (exact) mass is 288 g/mol. The van der Waals surface area contributed by atoms with Crippen molar-refractivity contribution in [2.45, 2.75) is 4.90 Å². The van der Waals surface area contributed by atoms with Crippen LogP contribution in [-0.4, -0.2) is 15.5 Å². The Kier molecular flexibility index (Phi) is 3.91. The highest BCUT2D eigenvalue weighted by molar-refractivity contribution is 7.92. The van der Waals surface area contributed by atoms with Crippen molar-refractivity contribution < 1.29 is 13.2 Å². The maximum atomic E-state index is 12.2. The average molecular weight is 288 g/mol. The summed E-state index contributed by atoms with van der Waals surface area (Å²) in [5.74, 6) is 0.295. The fraction of sp³-hybridized carbons (Fsp3) is 0.0714. The number of hydrogen-bond donors (Lipinski definition) is 1. The van der Waals surface area contributed by atoms with Crippen molar-refractivity contribution in [3.05, 3.63) is 54.1 Å². The predicted octanol–water partition coefficient (Wildman–Crippen LogP) is 2.37. The van der Waals surface area contributed by atoms with Gasteiger partial charge in [-0.25, -0.2) is 8.42 Å². The quantitative estimate of drug-likeness (QED) is 0.936. The Bertz CT molecular complexity index is 750. The molecule has 0 bridgehead atoms. The van der Waals surface area contributed by atoms with Gasteiger partial charge in [0.1, 0.15) is 5.75 Å². The standard InChI is InChI=1S/C14H12N2O3S/c1-19-14-9-11(10-15)7-8-13(14)16-20(17,18)12-5-3-2-4-6-12/h2-9,16H,1H3. The van der Waals surface area contributed by atoms with Crippen LogP contribution in [-0.2, 0) is 10.0 Å². The van der Waals surface area contributed by atoms with Gasteiger partial charge in [0, 0.05) is 6.07 Å². The first-order valence-corrected chi connectivity index (χ1v) is 7.21. The summed E-state index contributed by atoms with van der Waals surface area (Å²) in [6.07, 6.45) is 0. The van der Waals surface area contributed by atoms with Gasteiger partial charge >= 0.3 is 0 Å². The number of methoxy groups -OCH3 is 1. The van der Waals surface area contributed by atoms with Gasteiger partial charge in [-0.05, 0) is 24.3 Å². The van der Waals surface area contributed by atoms with Gasteiger partial charge in [0.25, 0.3) is 10.0 Å². The summed E-state index contributed by atoms with van der Waals surface area (Å²) in [6.45, 7) is 0. The number of nitrogens with one attached hydrogen (secondary N) is 1. The van der Waals surface area contributed by atoms with Crippen LogP contribution < -0.4 is 9.46 Å². The van der Waals surface area contributed by atoms with Crippen LogP contribution >= 0.6 is 0 Å². The number of hydrogen-bond acceptors (Lipinski definition) is 4. The average Bonchev–Trinajstić information content (AvgIpc) is 2.48. The molecule has 0 aliphatic rings. The van der Waals surface area contributed by atoms with Gasteiger partial charge < -0.3 is 4.74 Å². The third-order valence-electron chi connectivity index (χ3n) is 2.63. The Morgan fingerprint density at radius 1 is 1.15 bits per heavy atom. The summed E-state index contributed by atoms with van der Waals surface area (Å²) in [4.78, 5) is 0.159. The zero-order valence-corrected chi connectivity index (χ0v) is 11.5. The lowest BCUT2D eigenvalue weighted by atomic mass is 10.2. The van der Waals surface area contributed by atoms with E-state index in [1.807, 2.05) is 6.07 Å². The predicted molar refractivity (Wildman–Crippen MR) is 75.0 cm³/mol. The Hall–Kier alpha value is -2.52. The normalized spacial score (nSPS) is 10.6. The van der Waals surface area contributed by atoms with Crippen LogP contribution in [0.5, 0.6) is 5.75 Å². The number of ether oxygens (including phenoxy) is 1. The van der Waals surface area contributed by atoms with Gasteiger partial charge in [0.2, 0.25) is 0 Å². The van der Waals surface area contributed by atoms with E-state index in [0.29, 0.717) is 11.3 Å². The topological polar surface area (TPSA) is 79.2 Å². The summed E-state index contributed by atoms with van der Waals surface area (Å²) in [6, 6.07) is 14.5. The van der Waals surface area contributed by atoms with Crippen molar-refractivity contribution in [2.75, 3.05) is 11.8 Å². The lowest BCUT2D eigenvalue weighted by Gasteiger charge is -2.11. The van der Waals surface area contributed by atoms with Crippen LogP contribution in [0.25, 0.3) is 0 Å². The molecule has 0 fully saturated rings. The summed E-state index contributed by atoms with van der Waals surface area (Å²) in [5.41, 5.74) is 0.680. The van der Waals surface area contributed by atoms with Crippen LogP contribution in [0.1, 0.15) is 5.56 Å². The minimum absolute atomic E-state index is 0.159. The number of nitriles is 1. The second-order valence-electron chi connectivity index (χ2n) is 3.95. The molecule has 0 saturated heterocycles. The minimum Gasteiger partial charge on any atom is -0.495 e. The maximum Gasteiger partial charge on any atom is 0.262 e. The first-order chi connectivity index (χ1) is 9.56. The molecule has 6 heteroatoms. The summed E-state index contributed by atoms with van der Waals surface area (Å²) in [7, 11) is -2.26. The van der Waals surface area contributed by atoms with Crippen molar-refractivity contribution in [1.82, 2.24) is 0 Å². The number of nitrogens with zero attached hydrogens (tertiary/aromatic N) is 1. The molecule has 0 heterocycles. The fourth-order valence-corrected chi connectivity index (χ4v) is 2.74. The van der Waals surface area contributed by atoms with E-state index in [1.165, 1.54) is 37.4 Å². The highest BCUT2D eigenvalue weighted by Gasteiger charge is 2.16. The van der Waals surface area contributed by atoms with Crippen molar-refractivity contribution in [3.63, 3.8) is 0 Å². The molecule has 5 nitrogen and oxygen atoms in total. The van der Waals surface area contributed by atoms with Crippen LogP contribution in [0.3, 0.4) is 0 Å². The molecule has 0 unspecified atom stereocenters. The number of sulfonamides is 1. The Labute approximate surface area is 117 Å². The molecule has 0 radical (unpaired) electrons. The van der Waals surface area contributed by atoms with Crippen LogP contribution in [0.2, 0.25) is 0 Å².